The van der Waals surface area contributed by atoms with E-state index in [1.54, 1.807) is 24.9 Å². The van der Waals surface area contributed by atoms with Gasteiger partial charge in [-0.1, -0.05) is 11.6 Å². The number of oxazole rings is 1. The van der Waals surface area contributed by atoms with E-state index in [0.717, 1.165) is 6.07 Å². The topological polar surface area (TPSA) is 71.3 Å². The Morgan fingerprint density at radius 3 is 2.53 bits per heavy atom. The minimum Gasteiger partial charge on any atom is -0.448 e. The molecule has 4 rings (SSSR count). The normalized spacial score (nSPS) is 19.2. The number of fused-ring (bicyclic) bond motifs is 1. The SMILES string of the molecule is Cc1nc(C(=O)N(C)C2CCC(Nc3cc(C(F)(F)F)nc4ccc(Cl)cc34)CC2)co1. The summed E-state index contributed by atoms with van der Waals surface area (Å²) in [4.78, 5) is 22.1. The Hall–Kier alpha value is -2.81. The molecule has 1 amide bonds. The van der Waals surface area contributed by atoms with Gasteiger partial charge in [0, 0.05) is 42.2 Å². The molecule has 10 heteroatoms. The highest BCUT2D eigenvalue weighted by molar-refractivity contribution is 6.31. The number of benzene rings is 1. The zero-order valence-corrected chi connectivity index (χ0v) is 18.3. The first-order chi connectivity index (χ1) is 15.1. The van der Waals surface area contributed by atoms with Crippen molar-refractivity contribution < 1.29 is 22.4 Å². The molecule has 0 bridgehead atoms. The van der Waals surface area contributed by atoms with Gasteiger partial charge in [0.2, 0.25) is 0 Å². The van der Waals surface area contributed by atoms with Gasteiger partial charge in [-0.3, -0.25) is 4.79 Å². The monoisotopic (exact) mass is 466 g/mol. The van der Waals surface area contributed by atoms with Crippen LogP contribution in [0.15, 0.2) is 34.9 Å². The first kappa shape index (κ1) is 22.4. The third kappa shape index (κ3) is 4.67. The van der Waals surface area contributed by atoms with Crippen molar-refractivity contribution in [1.82, 2.24) is 14.9 Å². The molecule has 1 N–H and O–H groups in total. The Morgan fingerprint density at radius 1 is 1.19 bits per heavy atom. The number of anilines is 1. The molecule has 0 aliphatic heterocycles. The second kappa shape index (κ2) is 8.61. The highest BCUT2D eigenvalue weighted by Gasteiger charge is 2.34. The third-order valence-electron chi connectivity index (χ3n) is 5.82. The summed E-state index contributed by atoms with van der Waals surface area (Å²) in [5.74, 6) is 0.223. The predicted octanol–water partition coefficient (Wildman–Crippen LogP) is 5.70. The molecule has 3 aromatic rings. The molecule has 0 radical (unpaired) electrons. The second-order valence-corrected chi connectivity index (χ2v) is 8.47. The molecule has 0 unspecified atom stereocenters. The Balaban J connectivity index is 1.48. The molecule has 6 nitrogen and oxygen atoms in total. The molecule has 2 heterocycles. The Bertz CT molecular complexity index is 1140. The first-order valence-electron chi connectivity index (χ1n) is 10.2. The number of aryl methyl sites for hydroxylation is 1. The highest BCUT2D eigenvalue weighted by Crippen LogP contribution is 2.35. The molecule has 32 heavy (non-hydrogen) atoms. The van der Waals surface area contributed by atoms with Crippen LogP contribution in [-0.2, 0) is 6.18 Å². The summed E-state index contributed by atoms with van der Waals surface area (Å²) in [6, 6.07) is 5.65. The van der Waals surface area contributed by atoms with Crippen LogP contribution < -0.4 is 5.32 Å². The number of carbonyl (C=O) groups is 1. The lowest BCUT2D eigenvalue weighted by Gasteiger charge is -2.35. The van der Waals surface area contributed by atoms with Crippen molar-refractivity contribution >= 4 is 34.1 Å². The lowest BCUT2D eigenvalue weighted by molar-refractivity contribution is -0.140. The van der Waals surface area contributed by atoms with Gasteiger partial charge in [0.15, 0.2) is 11.6 Å². The van der Waals surface area contributed by atoms with Crippen molar-refractivity contribution in [2.24, 2.45) is 0 Å². The smallest absolute Gasteiger partial charge is 0.433 e. The van der Waals surface area contributed by atoms with Gasteiger partial charge < -0.3 is 14.6 Å². The van der Waals surface area contributed by atoms with Crippen molar-refractivity contribution in [2.75, 3.05) is 12.4 Å². The number of hydrogen-bond acceptors (Lipinski definition) is 5. The van der Waals surface area contributed by atoms with E-state index in [1.165, 1.54) is 18.4 Å². The standard InChI is InChI=1S/C22H22ClF3N4O2/c1-12-27-19(11-32-12)21(31)30(2)15-6-4-14(5-7-15)28-18-10-20(22(24,25)26)29-17-8-3-13(23)9-16(17)18/h3,8-11,14-15H,4-7H2,1-2H3,(H,28,29). The van der Waals surface area contributed by atoms with Gasteiger partial charge in [-0.2, -0.15) is 13.2 Å². The summed E-state index contributed by atoms with van der Waals surface area (Å²) in [6.45, 7) is 1.67. The Morgan fingerprint density at radius 2 is 1.91 bits per heavy atom. The lowest BCUT2D eigenvalue weighted by atomic mass is 9.90. The van der Waals surface area contributed by atoms with E-state index >= 15 is 0 Å². The van der Waals surface area contributed by atoms with Crippen LogP contribution in [0, 0.1) is 6.92 Å². The van der Waals surface area contributed by atoms with Crippen LogP contribution in [0.3, 0.4) is 0 Å². The molecule has 1 aliphatic carbocycles. The van der Waals surface area contributed by atoms with Crippen molar-refractivity contribution in [3.8, 4) is 0 Å². The van der Waals surface area contributed by atoms with Crippen LogP contribution in [0.4, 0.5) is 18.9 Å². The van der Waals surface area contributed by atoms with Crippen LogP contribution in [-0.4, -0.2) is 39.9 Å². The summed E-state index contributed by atoms with van der Waals surface area (Å²) in [5, 5.41) is 4.23. The number of carbonyl (C=O) groups excluding carboxylic acids is 1. The van der Waals surface area contributed by atoms with Gasteiger partial charge in [-0.05, 0) is 49.9 Å². The zero-order chi connectivity index (χ0) is 23.0. The van der Waals surface area contributed by atoms with E-state index in [0.29, 0.717) is 47.7 Å². The van der Waals surface area contributed by atoms with Crippen molar-refractivity contribution in [3.05, 3.63) is 52.8 Å². The molecular weight excluding hydrogens is 445 g/mol. The average molecular weight is 467 g/mol. The lowest BCUT2D eigenvalue weighted by Crippen LogP contribution is -2.41. The van der Waals surface area contributed by atoms with Crippen LogP contribution in [0.25, 0.3) is 10.9 Å². The summed E-state index contributed by atoms with van der Waals surface area (Å²) < 4.78 is 45.2. The summed E-state index contributed by atoms with van der Waals surface area (Å²) in [7, 11) is 1.73. The van der Waals surface area contributed by atoms with Crippen LogP contribution in [0.5, 0.6) is 0 Å². The number of aromatic nitrogens is 2. The third-order valence-corrected chi connectivity index (χ3v) is 6.06. The number of nitrogens with one attached hydrogen (secondary N) is 1. The number of halogens is 4. The van der Waals surface area contributed by atoms with E-state index < -0.39 is 11.9 Å². The van der Waals surface area contributed by atoms with E-state index in [1.807, 2.05) is 0 Å². The van der Waals surface area contributed by atoms with E-state index in [-0.39, 0.29) is 29.2 Å². The van der Waals surface area contributed by atoms with Crippen LogP contribution in [0.2, 0.25) is 5.02 Å². The van der Waals surface area contributed by atoms with Crippen molar-refractivity contribution in [3.63, 3.8) is 0 Å². The quantitative estimate of drug-likeness (QED) is 0.534. The highest BCUT2D eigenvalue weighted by atomic mass is 35.5. The van der Waals surface area contributed by atoms with Crippen molar-refractivity contribution in [1.29, 1.82) is 0 Å². The molecule has 1 fully saturated rings. The number of amides is 1. The average Bonchev–Trinajstić information content (AvgIpc) is 3.19. The van der Waals surface area contributed by atoms with Gasteiger partial charge in [0.1, 0.15) is 12.0 Å². The van der Waals surface area contributed by atoms with Gasteiger partial charge >= 0.3 is 6.18 Å². The number of rotatable bonds is 4. The Labute approximate surface area is 187 Å². The maximum Gasteiger partial charge on any atom is 0.433 e. The number of nitrogens with zero attached hydrogens (tertiary/aromatic N) is 3. The molecule has 170 valence electrons. The summed E-state index contributed by atoms with van der Waals surface area (Å²) in [5.41, 5.74) is -0.0915. The first-order valence-corrected chi connectivity index (χ1v) is 10.6. The number of hydrogen-bond donors (Lipinski definition) is 1. The zero-order valence-electron chi connectivity index (χ0n) is 17.5. The van der Waals surface area contributed by atoms with Crippen molar-refractivity contribution in [2.45, 2.75) is 50.9 Å². The number of alkyl halides is 3. The largest absolute Gasteiger partial charge is 0.448 e. The molecule has 0 spiro atoms. The van der Waals surface area contributed by atoms with E-state index in [9.17, 15) is 18.0 Å². The second-order valence-electron chi connectivity index (χ2n) is 8.03. The molecular formula is C22H22ClF3N4O2. The van der Waals surface area contributed by atoms with E-state index in [2.05, 4.69) is 15.3 Å². The summed E-state index contributed by atoms with van der Waals surface area (Å²) >= 11 is 6.07. The number of pyridine rings is 1. The van der Waals surface area contributed by atoms with Crippen LogP contribution in [0.1, 0.15) is 47.8 Å². The summed E-state index contributed by atoms with van der Waals surface area (Å²) in [6.07, 6.45) is -0.374. The fraction of sp³-hybridized carbons (Fsp3) is 0.409. The fourth-order valence-corrected chi connectivity index (χ4v) is 4.27. The maximum atomic E-state index is 13.3. The molecule has 0 saturated heterocycles. The Kier molecular flexibility index (Phi) is 6.03. The maximum absolute atomic E-state index is 13.3. The van der Waals surface area contributed by atoms with E-state index in [4.69, 9.17) is 16.0 Å². The van der Waals surface area contributed by atoms with Crippen LogP contribution >= 0.6 is 11.6 Å². The molecule has 0 atom stereocenters. The van der Waals surface area contributed by atoms with Gasteiger partial charge in [-0.25, -0.2) is 9.97 Å². The molecule has 1 aromatic carbocycles. The minimum absolute atomic E-state index is 0.0203. The molecule has 1 saturated carbocycles. The van der Waals surface area contributed by atoms with Gasteiger partial charge in [0.05, 0.1) is 5.52 Å². The van der Waals surface area contributed by atoms with Gasteiger partial charge in [0.25, 0.3) is 5.91 Å². The van der Waals surface area contributed by atoms with Gasteiger partial charge in [-0.15, -0.1) is 0 Å². The fourth-order valence-electron chi connectivity index (χ4n) is 4.10. The minimum atomic E-state index is -4.55. The predicted molar refractivity (Wildman–Crippen MR) is 115 cm³/mol. The molecule has 2 aromatic heterocycles. The molecule has 1 aliphatic rings.